The first-order valence-electron chi connectivity index (χ1n) is 13.7. The predicted octanol–water partition coefficient (Wildman–Crippen LogP) is 4.27. The molecule has 4 aliphatic rings. The van der Waals surface area contributed by atoms with E-state index >= 15 is 0 Å². The molecule has 7 nitrogen and oxygen atoms in total. The minimum atomic E-state index is -3.80. The summed E-state index contributed by atoms with van der Waals surface area (Å²) in [6, 6.07) is 6.27. The van der Waals surface area contributed by atoms with E-state index in [0.29, 0.717) is 30.3 Å². The number of pyridine rings is 1. The predicted molar refractivity (Wildman–Crippen MR) is 136 cm³/mol. The molecule has 0 radical (unpaired) electrons. The van der Waals surface area contributed by atoms with Crippen molar-refractivity contribution in [2.24, 2.45) is 40.9 Å². The molecule has 0 bridgehead atoms. The maximum absolute atomic E-state index is 13.1. The Kier molecular flexibility index (Phi) is 6.99. The maximum atomic E-state index is 13.1. The van der Waals surface area contributed by atoms with Gasteiger partial charge < -0.3 is 9.84 Å². The van der Waals surface area contributed by atoms with Gasteiger partial charge in [0.25, 0.3) is 10.0 Å². The van der Waals surface area contributed by atoms with E-state index in [1.54, 1.807) is 13.2 Å². The van der Waals surface area contributed by atoms with E-state index in [1.807, 2.05) is 13.0 Å². The van der Waals surface area contributed by atoms with Gasteiger partial charge in [0, 0.05) is 13.2 Å². The fourth-order valence-electron chi connectivity index (χ4n) is 9.24. The number of nitrogens with zero attached hydrogens (tertiary/aromatic N) is 2. The van der Waals surface area contributed by atoms with Gasteiger partial charge in [-0.15, -0.1) is 0 Å². The Bertz CT molecular complexity index is 1120. The van der Waals surface area contributed by atoms with Crippen molar-refractivity contribution in [3.63, 3.8) is 0 Å². The van der Waals surface area contributed by atoms with Crippen LogP contribution in [-0.2, 0) is 14.8 Å². The first kappa shape index (κ1) is 26.1. The summed E-state index contributed by atoms with van der Waals surface area (Å²) < 4.78 is 34.5. The van der Waals surface area contributed by atoms with E-state index < -0.39 is 15.6 Å². The number of nitriles is 1. The van der Waals surface area contributed by atoms with Crippen LogP contribution in [0.15, 0.2) is 23.2 Å². The highest BCUT2D eigenvalue weighted by molar-refractivity contribution is 7.89. The van der Waals surface area contributed by atoms with Gasteiger partial charge >= 0.3 is 0 Å². The summed E-state index contributed by atoms with van der Waals surface area (Å²) in [5, 5.41) is 20.0. The minimum Gasteiger partial charge on any atom is -0.387 e. The van der Waals surface area contributed by atoms with Crippen LogP contribution < -0.4 is 4.72 Å². The second kappa shape index (κ2) is 9.65. The molecule has 1 aromatic rings. The average molecular weight is 516 g/mol. The lowest BCUT2D eigenvalue weighted by Gasteiger charge is -2.57. The third-order valence-electron chi connectivity index (χ3n) is 10.6. The molecule has 4 saturated carbocycles. The van der Waals surface area contributed by atoms with Crippen LogP contribution in [0.4, 0.5) is 0 Å². The molecular weight excluding hydrogens is 474 g/mol. The summed E-state index contributed by atoms with van der Waals surface area (Å²) in [6.07, 6.45) is 9.80. The lowest BCUT2D eigenvalue weighted by Crippen LogP contribution is -2.53. The Morgan fingerprint density at radius 2 is 1.94 bits per heavy atom. The largest absolute Gasteiger partial charge is 0.387 e. The van der Waals surface area contributed by atoms with E-state index in [0.717, 1.165) is 38.0 Å². The van der Waals surface area contributed by atoms with Gasteiger partial charge in [0.05, 0.1) is 12.2 Å². The lowest BCUT2D eigenvalue weighted by molar-refractivity contribution is -0.125. The van der Waals surface area contributed by atoms with Crippen molar-refractivity contribution >= 4 is 10.0 Å². The van der Waals surface area contributed by atoms with E-state index in [-0.39, 0.29) is 28.1 Å². The van der Waals surface area contributed by atoms with Gasteiger partial charge in [-0.25, -0.2) is 18.1 Å². The van der Waals surface area contributed by atoms with E-state index in [9.17, 15) is 13.5 Å². The van der Waals surface area contributed by atoms with Gasteiger partial charge in [-0.05, 0) is 118 Å². The SMILES string of the molecule is COC[C@@]1(O)CC[C@H]2[C@H](CC[C@@H]3[C@@H]2CC[C@]2(C)[C@@H]([C@@H](C)NS(=O)(=O)c4cccc(C#N)n4)CC[C@@H]32)C1. The smallest absolute Gasteiger partial charge is 0.258 e. The maximum Gasteiger partial charge on any atom is 0.258 e. The van der Waals surface area contributed by atoms with Crippen LogP contribution in [0.1, 0.15) is 77.3 Å². The van der Waals surface area contributed by atoms with Crippen LogP contribution in [-0.4, -0.2) is 43.9 Å². The molecule has 0 spiro atoms. The van der Waals surface area contributed by atoms with Crippen molar-refractivity contribution in [2.45, 2.75) is 88.3 Å². The standard InChI is InChI=1S/C28H41N3O4S/c1-18(31-36(33,34)26-6-4-5-20(16-29)30-26)24-9-10-25-23-8-7-19-15-28(32,17-35-3)14-12-21(19)22(23)11-13-27(24,25)2/h4-6,18-19,21-25,31-32H,7-15,17H2,1-3H3/t18-,19-,21+,22-,23-,24-,25+,27-,28-/m1/s1. The van der Waals surface area contributed by atoms with Crippen LogP contribution >= 0.6 is 0 Å². The number of hydrogen-bond acceptors (Lipinski definition) is 6. The topological polar surface area (TPSA) is 112 Å². The molecule has 0 unspecified atom stereocenters. The number of fused-ring (bicyclic) bond motifs is 5. The quantitative estimate of drug-likeness (QED) is 0.585. The zero-order valence-electron chi connectivity index (χ0n) is 21.8. The molecule has 0 amide bonds. The highest BCUT2D eigenvalue weighted by atomic mass is 32.2. The molecular formula is C28H41N3O4S. The highest BCUT2D eigenvalue weighted by Gasteiger charge is 2.58. The monoisotopic (exact) mass is 515 g/mol. The van der Waals surface area contributed by atoms with Gasteiger partial charge in [-0.3, -0.25) is 0 Å². The number of aliphatic hydroxyl groups is 1. The fourth-order valence-corrected chi connectivity index (χ4v) is 10.5. The van der Waals surface area contributed by atoms with Crippen LogP contribution in [0.3, 0.4) is 0 Å². The normalized spacial score (nSPS) is 41.0. The second-order valence-electron chi connectivity index (χ2n) is 12.4. The molecule has 4 fully saturated rings. The molecule has 1 heterocycles. The van der Waals surface area contributed by atoms with Gasteiger partial charge in [0.2, 0.25) is 0 Å². The van der Waals surface area contributed by atoms with Crippen molar-refractivity contribution in [3.8, 4) is 6.07 Å². The summed E-state index contributed by atoms with van der Waals surface area (Å²) in [5.74, 6) is 3.67. The molecule has 2 N–H and O–H groups in total. The van der Waals surface area contributed by atoms with E-state index in [2.05, 4.69) is 16.6 Å². The summed E-state index contributed by atoms with van der Waals surface area (Å²) >= 11 is 0. The molecule has 9 atom stereocenters. The van der Waals surface area contributed by atoms with Crippen LogP contribution in [0.5, 0.6) is 0 Å². The Labute approximate surface area is 216 Å². The van der Waals surface area contributed by atoms with Gasteiger partial charge in [0.1, 0.15) is 11.8 Å². The van der Waals surface area contributed by atoms with Crippen molar-refractivity contribution < 1.29 is 18.3 Å². The Morgan fingerprint density at radius 3 is 2.69 bits per heavy atom. The Hall–Kier alpha value is -1.53. The molecule has 8 heteroatoms. The zero-order chi connectivity index (χ0) is 25.7. The fraction of sp³-hybridized carbons (Fsp3) is 0.786. The number of hydrogen-bond donors (Lipinski definition) is 2. The number of rotatable bonds is 6. The van der Waals surface area contributed by atoms with Crippen molar-refractivity contribution in [1.29, 1.82) is 5.26 Å². The first-order valence-corrected chi connectivity index (χ1v) is 15.2. The summed E-state index contributed by atoms with van der Waals surface area (Å²) in [5.41, 5.74) is -0.419. The zero-order valence-corrected chi connectivity index (χ0v) is 22.6. The van der Waals surface area contributed by atoms with Crippen LogP contribution in [0.2, 0.25) is 0 Å². The minimum absolute atomic E-state index is 0.0825. The molecule has 0 aliphatic heterocycles. The van der Waals surface area contributed by atoms with Crippen molar-refractivity contribution in [2.75, 3.05) is 13.7 Å². The summed E-state index contributed by atoms with van der Waals surface area (Å²) in [7, 11) is -2.11. The number of ether oxygens (including phenoxy) is 1. The molecule has 36 heavy (non-hydrogen) atoms. The van der Waals surface area contributed by atoms with Crippen LogP contribution in [0.25, 0.3) is 0 Å². The van der Waals surface area contributed by atoms with Gasteiger partial charge in [-0.1, -0.05) is 13.0 Å². The van der Waals surface area contributed by atoms with Crippen LogP contribution in [0, 0.1) is 52.3 Å². The molecule has 5 rings (SSSR count). The number of aromatic nitrogens is 1. The first-order chi connectivity index (χ1) is 17.1. The third-order valence-corrected chi connectivity index (χ3v) is 12.1. The third kappa shape index (κ3) is 4.51. The Morgan fingerprint density at radius 1 is 1.17 bits per heavy atom. The highest BCUT2D eigenvalue weighted by Crippen LogP contribution is 2.65. The molecule has 0 saturated heterocycles. The Balaban J connectivity index is 1.29. The van der Waals surface area contributed by atoms with Crippen molar-refractivity contribution in [3.05, 3.63) is 23.9 Å². The molecule has 198 valence electrons. The number of sulfonamides is 1. The summed E-state index contributed by atoms with van der Waals surface area (Å²) in [4.78, 5) is 4.02. The number of nitrogens with one attached hydrogen (secondary N) is 1. The molecule has 4 aliphatic carbocycles. The van der Waals surface area contributed by atoms with E-state index in [1.165, 1.54) is 37.8 Å². The average Bonchev–Trinajstić information content (AvgIpc) is 3.21. The number of methoxy groups -OCH3 is 1. The lowest BCUT2D eigenvalue weighted by atomic mass is 9.48. The molecule has 0 aromatic carbocycles. The molecule has 1 aromatic heterocycles. The summed E-state index contributed by atoms with van der Waals surface area (Å²) in [6.45, 7) is 4.86. The van der Waals surface area contributed by atoms with Gasteiger partial charge in [-0.2, -0.15) is 5.26 Å². The van der Waals surface area contributed by atoms with Crippen molar-refractivity contribution in [1.82, 2.24) is 9.71 Å². The second-order valence-corrected chi connectivity index (χ2v) is 14.1. The van der Waals surface area contributed by atoms with Gasteiger partial charge in [0.15, 0.2) is 5.03 Å². The van der Waals surface area contributed by atoms with E-state index in [4.69, 9.17) is 10.00 Å².